The third kappa shape index (κ3) is 2.65. The van der Waals surface area contributed by atoms with Gasteiger partial charge in [-0.25, -0.2) is 4.79 Å². The van der Waals surface area contributed by atoms with E-state index in [1.54, 1.807) is 12.1 Å². The molecular weight excluding hydrogens is 336 g/mol. The van der Waals surface area contributed by atoms with E-state index in [0.717, 1.165) is 39.2 Å². The molecular formula is C21H17ClO3. The molecule has 3 aromatic rings. The highest BCUT2D eigenvalue weighted by atomic mass is 35.5. The maximum atomic E-state index is 12.3. The number of benzene rings is 2. The Hall–Kier alpha value is -2.52. The molecule has 1 aliphatic carbocycles. The first kappa shape index (κ1) is 16.0. The Kier molecular flexibility index (Phi) is 3.89. The molecule has 0 aliphatic heterocycles. The number of esters is 1. The standard InChI is InChI=1S/C21H17ClO3/c1-12-9-16(14-8-7-13(22)11-18(14)21(23)24-2)20-17(10-12)15-5-3-4-6-19(15)25-20/h3-8,10-12H,9H2,1-2H3. The molecule has 0 N–H and O–H groups in total. The fourth-order valence-corrected chi connectivity index (χ4v) is 3.68. The summed E-state index contributed by atoms with van der Waals surface area (Å²) in [5, 5.41) is 2.69. The lowest BCUT2D eigenvalue weighted by atomic mass is 9.88. The summed E-state index contributed by atoms with van der Waals surface area (Å²) in [5.74, 6) is -0.0606. The van der Waals surface area contributed by atoms with Crippen molar-refractivity contribution < 1.29 is 13.9 Å². The van der Waals surface area contributed by atoms with Crippen LogP contribution in [0.1, 0.15) is 29.3 Å². The number of hydrogen-bond acceptors (Lipinski definition) is 3. The largest absolute Gasteiger partial charge is 0.465 e. The molecule has 1 aromatic heterocycles. The van der Waals surface area contributed by atoms with Crippen LogP contribution >= 0.6 is 11.6 Å². The van der Waals surface area contributed by atoms with Crippen LogP contribution in [0.3, 0.4) is 0 Å². The number of rotatable bonds is 2. The average Bonchev–Trinajstić information content (AvgIpc) is 2.99. The van der Waals surface area contributed by atoms with Crippen molar-refractivity contribution >= 4 is 40.2 Å². The van der Waals surface area contributed by atoms with E-state index in [9.17, 15) is 4.79 Å². The minimum atomic E-state index is -0.398. The van der Waals surface area contributed by atoms with Gasteiger partial charge in [-0.2, -0.15) is 0 Å². The Morgan fingerprint density at radius 2 is 2.04 bits per heavy atom. The van der Waals surface area contributed by atoms with E-state index in [0.29, 0.717) is 16.5 Å². The molecule has 0 spiro atoms. The maximum absolute atomic E-state index is 12.3. The van der Waals surface area contributed by atoms with Gasteiger partial charge in [-0.15, -0.1) is 0 Å². The van der Waals surface area contributed by atoms with E-state index < -0.39 is 5.97 Å². The van der Waals surface area contributed by atoms with Gasteiger partial charge in [-0.3, -0.25) is 0 Å². The Morgan fingerprint density at radius 3 is 2.84 bits per heavy atom. The summed E-state index contributed by atoms with van der Waals surface area (Å²) in [7, 11) is 1.38. The van der Waals surface area contributed by atoms with Crippen molar-refractivity contribution in [1.82, 2.24) is 0 Å². The zero-order valence-electron chi connectivity index (χ0n) is 14.0. The van der Waals surface area contributed by atoms with Crippen LogP contribution in [-0.4, -0.2) is 13.1 Å². The van der Waals surface area contributed by atoms with Crippen LogP contribution < -0.4 is 10.6 Å². The quantitative estimate of drug-likeness (QED) is 0.657. The van der Waals surface area contributed by atoms with Crippen LogP contribution in [0, 0.1) is 5.92 Å². The highest BCUT2D eigenvalue weighted by molar-refractivity contribution is 6.31. The normalized spacial score (nSPS) is 16.4. The van der Waals surface area contributed by atoms with Crippen LogP contribution in [0.25, 0.3) is 22.6 Å². The van der Waals surface area contributed by atoms with Crippen LogP contribution in [0.5, 0.6) is 0 Å². The summed E-state index contributed by atoms with van der Waals surface area (Å²) in [6, 6.07) is 13.3. The Labute approximate surface area is 150 Å². The number of fused-ring (bicyclic) bond motifs is 3. The minimum Gasteiger partial charge on any atom is -0.465 e. The zero-order valence-corrected chi connectivity index (χ0v) is 14.8. The van der Waals surface area contributed by atoms with Gasteiger partial charge < -0.3 is 9.15 Å². The number of hydrogen-bond donors (Lipinski definition) is 0. The van der Waals surface area contributed by atoms with Gasteiger partial charge in [-0.1, -0.05) is 48.9 Å². The van der Waals surface area contributed by atoms with Crippen molar-refractivity contribution in [2.45, 2.75) is 13.3 Å². The van der Waals surface area contributed by atoms with Crippen LogP contribution in [0.15, 0.2) is 46.9 Å². The molecule has 4 rings (SSSR count). The summed E-state index contributed by atoms with van der Waals surface area (Å²) in [6.45, 7) is 2.17. The predicted octanol–water partition coefficient (Wildman–Crippen LogP) is 3.89. The monoisotopic (exact) mass is 352 g/mol. The van der Waals surface area contributed by atoms with E-state index >= 15 is 0 Å². The van der Waals surface area contributed by atoms with Gasteiger partial charge in [0.1, 0.15) is 11.0 Å². The highest BCUT2D eigenvalue weighted by Gasteiger charge is 2.22. The van der Waals surface area contributed by atoms with E-state index in [4.69, 9.17) is 20.8 Å². The van der Waals surface area contributed by atoms with Gasteiger partial charge in [0.15, 0.2) is 0 Å². The predicted molar refractivity (Wildman–Crippen MR) is 99.0 cm³/mol. The van der Waals surface area contributed by atoms with Crippen LogP contribution in [0.4, 0.5) is 0 Å². The first-order valence-corrected chi connectivity index (χ1v) is 8.57. The number of carbonyl (C=O) groups excluding carboxylic acids is 1. The minimum absolute atomic E-state index is 0.338. The molecule has 0 saturated heterocycles. The van der Waals surface area contributed by atoms with Crippen molar-refractivity contribution in [3.63, 3.8) is 0 Å². The molecule has 126 valence electrons. The number of methoxy groups -OCH3 is 1. The van der Waals surface area contributed by atoms with Crippen molar-refractivity contribution in [3.05, 3.63) is 69.2 Å². The van der Waals surface area contributed by atoms with E-state index in [1.165, 1.54) is 7.11 Å². The molecule has 1 unspecified atom stereocenters. The summed E-state index contributed by atoms with van der Waals surface area (Å²) in [6.07, 6.45) is 3.02. The third-order valence-electron chi connectivity index (χ3n) is 4.60. The van der Waals surface area contributed by atoms with Gasteiger partial charge in [0.2, 0.25) is 0 Å². The molecule has 1 atom stereocenters. The van der Waals surface area contributed by atoms with Gasteiger partial charge >= 0.3 is 5.97 Å². The maximum Gasteiger partial charge on any atom is 0.338 e. The van der Waals surface area contributed by atoms with E-state index in [-0.39, 0.29) is 0 Å². The number of carbonyl (C=O) groups is 1. The molecule has 0 bridgehead atoms. The molecule has 0 amide bonds. The number of ether oxygens (including phenoxy) is 1. The van der Waals surface area contributed by atoms with Crippen LogP contribution in [-0.2, 0) is 4.74 Å². The van der Waals surface area contributed by atoms with Crippen molar-refractivity contribution in [2.75, 3.05) is 7.11 Å². The van der Waals surface area contributed by atoms with E-state index in [1.807, 2.05) is 24.3 Å². The summed E-state index contributed by atoms with van der Waals surface area (Å²) < 4.78 is 11.1. The second kappa shape index (κ2) is 6.08. The summed E-state index contributed by atoms with van der Waals surface area (Å²) >= 11 is 6.10. The number of furan rings is 1. The van der Waals surface area contributed by atoms with Gasteiger partial charge in [0.25, 0.3) is 0 Å². The molecule has 3 nitrogen and oxygen atoms in total. The fourth-order valence-electron chi connectivity index (χ4n) is 3.50. The second-order valence-corrected chi connectivity index (χ2v) is 6.79. The molecule has 0 saturated carbocycles. The second-order valence-electron chi connectivity index (χ2n) is 6.35. The molecule has 0 radical (unpaired) electrons. The molecule has 2 aromatic carbocycles. The van der Waals surface area contributed by atoms with Crippen molar-refractivity contribution in [2.24, 2.45) is 5.92 Å². The molecule has 25 heavy (non-hydrogen) atoms. The number of para-hydroxylation sites is 1. The molecule has 4 heteroatoms. The first-order chi connectivity index (χ1) is 12.1. The lowest BCUT2D eigenvalue weighted by Crippen LogP contribution is -2.29. The lowest BCUT2D eigenvalue weighted by molar-refractivity contribution is 0.0600. The highest BCUT2D eigenvalue weighted by Crippen LogP contribution is 2.29. The van der Waals surface area contributed by atoms with Crippen molar-refractivity contribution in [3.8, 4) is 0 Å². The Bertz CT molecular complexity index is 1110. The molecule has 0 fully saturated rings. The molecule has 1 aliphatic rings. The smallest absolute Gasteiger partial charge is 0.338 e. The fraction of sp³-hybridized carbons (Fsp3) is 0.190. The zero-order chi connectivity index (χ0) is 17.6. The third-order valence-corrected chi connectivity index (χ3v) is 4.83. The van der Waals surface area contributed by atoms with Gasteiger partial charge in [-0.05, 0) is 36.1 Å². The summed E-state index contributed by atoms with van der Waals surface area (Å²) in [4.78, 5) is 12.3. The van der Waals surface area contributed by atoms with Crippen LogP contribution in [0.2, 0.25) is 5.02 Å². The Morgan fingerprint density at radius 1 is 1.24 bits per heavy atom. The van der Waals surface area contributed by atoms with E-state index in [2.05, 4.69) is 19.1 Å². The molecule has 1 heterocycles. The number of halogens is 1. The summed E-state index contributed by atoms with van der Waals surface area (Å²) in [5.41, 5.74) is 3.97. The SMILES string of the molecule is COC(=O)c1cc(Cl)ccc1C1=c2oc3ccccc3c2=CC(C)C1. The first-order valence-electron chi connectivity index (χ1n) is 8.19. The van der Waals surface area contributed by atoms with Gasteiger partial charge in [0, 0.05) is 21.2 Å². The Balaban J connectivity index is 2.10. The lowest BCUT2D eigenvalue weighted by Gasteiger charge is -2.16. The van der Waals surface area contributed by atoms with Crippen molar-refractivity contribution in [1.29, 1.82) is 0 Å². The van der Waals surface area contributed by atoms with Gasteiger partial charge in [0.05, 0.1) is 12.7 Å². The average molecular weight is 353 g/mol. The topological polar surface area (TPSA) is 39.4 Å².